The van der Waals surface area contributed by atoms with Gasteiger partial charge >= 0.3 is 0 Å². The van der Waals surface area contributed by atoms with Gasteiger partial charge in [-0.15, -0.1) is 0 Å². The highest BCUT2D eigenvalue weighted by Crippen LogP contribution is 2.33. The van der Waals surface area contributed by atoms with E-state index in [1.807, 2.05) is 66.7 Å². The Kier molecular flexibility index (Phi) is 3.28. The van der Waals surface area contributed by atoms with Crippen LogP contribution in [0.5, 0.6) is 0 Å². The first-order chi connectivity index (χ1) is 11.3. The summed E-state index contributed by atoms with van der Waals surface area (Å²) in [4.78, 5) is 12.9. The molecule has 23 heavy (non-hydrogen) atoms. The summed E-state index contributed by atoms with van der Waals surface area (Å²) in [5.74, 6) is 0.0303. The molecule has 0 unspecified atom stereocenters. The van der Waals surface area contributed by atoms with Crippen molar-refractivity contribution in [3.63, 3.8) is 0 Å². The molecule has 0 saturated carbocycles. The zero-order chi connectivity index (χ0) is 15.6. The monoisotopic (exact) mass is 297 g/mol. The lowest BCUT2D eigenvalue weighted by atomic mass is 9.98. The third kappa shape index (κ3) is 2.44. The second kappa shape index (κ2) is 5.58. The van der Waals surface area contributed by atoms with Gasteiger partial charge in [-0.25, -0.2) is 0 Å². The van der Waals surface area contributed by atoms with Crippen molar-refractivity contribution in [3.8, 4) is 0 Å². The summed E-state index contributed by atoms with van der Waals surface area (Å²) in [6, 6.07) is 23.3. The van der Waals surface area contributed by atoms with E-state index in [4.69, 9.17) is 0 Å². The van der Waals surface area contributed by atoms with E-state index >= 15 is 0 Å². The molecule has 0 atom stereocenters. The van der Waals surface area contributed by atoms with Crippen molar-refractivity contribution in [1.82, 2.24) is 0 Å². The van der Waals surface area contributed by atoms with Gasteiger partial charge in [0.15, 0.2) is 5.78 Å². The molecule has 0 fully saturated rings. The molecule has 3 aromatic carbocycles. The first-order valence-electron chi connectivity index (χ1n) is 7.60. The van der Waals surface area contributed by atoms with Gasteiger partial charge < -0.3 is 5.32 Å². The Hall–Kier alpha value is -3.13. The largest absolute Gasteiger partial charge is 0.354 e. The van der Waals surface area contributed by atoms with Crippen LogP contribution in [0, 0.1) is 0 Å². The normalized spacial score (nSPS) is 11.8. The van der Waals surface area contributed by atoms with E-state index in [2.05, 4.69) is 23.5 Å². The van der Waals surface area contributed by atoms with Gasteiger partial charge in [0.2, 0.25) is 0 Å². The molecule has 0 saturated heterocycles. The Morgan fingerprint density at radius 3 is 2.26 bits per heavy atom. The lowest BCUT2D eigenvalue weighted by Crippen LogP contribution is -2.06. The number of hydrogen-bond acceptors (Lipinski definition) is 2. The molecule has 4 rings (SSSR count). The average Bonchev–Trinajstić information content (AvgIpc) is 2.81. The third-order valence-corrected chi connectivity index (χ3v) is 4.04. The molecule has 0 amide bonds. The van der Waals surface area contributed by atoms with Crippen LogP contribution in [-0.4, -0.2) is 5.78 Å². The maximum atomic E-state index is 12.9. The van der Waals surface area contributed by atoms with Crippen molar-refractivity contribution in [2.75, 3.05) is 5.32 Å². The lowest BCUT2D eigenvalue weighted by molar-refractivity contribution is 0.103. The summed E-state index contributed by atoms with van der Waals surface area (Å²) in [5.41, 5.74) is 5.39. The zero-order valence-corrected chi connectivity index (χ0v) is 12.5. The minimum Gasteiger partial charge on any atom is -0.354 e. The molecule has 0 spiro atoms. The highest BCUT2D eigenvalue weighted by atomic mass is 16.1. The smallest absolute Gasteiger partial charge is 0.195 e. The van der Waals surface area contributed by atoms with E-state index in [0.717, 1.165) is 22.5 Å². The number of anilines is 2. The topological polar surface area (TPSA) is 29.1 Å². The highest BCUT2D eigenvalue weighted by Gasteiger charge is 2.17. The molecule has 1 aliphatic heterocycles. The number of rotatable bonds is 2. The van der Waals surface area contributed by atoms with Crippen LogP contribution < -0.4 is 5.32 Å². The number of carbonyl (C=O) groups excluding carboxylic acids is 1. The predicted molar refractivity (Wildman–Crippen MR) is 95.0 cm³/mol. The summed E-state index contributed by atoms with van der Waals surface area (Å²) in [5, 5.41) is 3.44. The Balaban J connectivity index is 1.85. The fourth-order valence-corrected chi connectivity index (χ4v) is 2.85. The van der Waals surface area contributed by atoms with Crippen molar-refractivity contribution in [2.45, 2.75) is 0 Å². The molecule has 3 aromatic rings. The van der Waals surface area contributed by atoms with Crippen LogP contribution in [0.25, 0.3) is 12.2 Å². The van der Waals surface area contributed by atoms with E-state index in [1.165, 1.54) is 0 Å². The predicted octanol–water partition coefficient (Wildman–Crippen LogP) is 5.15. The first-order valence-corrected chi connectivity index (χ1v) is 7.60. The number of fused-ring (bicyclic) bond motifs is 2. The molecule has 110 valence electrons. The summed E-state index contributed by atoms with van der Waals surface area (Å²) >= 11 is 0. The van der Waals surface area contributed by atoms with Gasteiger partial charge in [0, 0.05) is 16.8 Å². The van der Waals surface area contributed by atoms with Crippen LogP contribution in [0.3, 0.4) is 0 Å². The Morgan fingerprint density at radius 2 is 1.39 bits per heavy atom. The maximum absolute atomic E-state index is 12.9. The number of ketones is 1. The number of para-hydroxylation sites is 2. The van der Waals surface area contributed by atoms with Gasteiger partial charge in [-0.3, -0.25) is 4.79 Å². The quantitative estimate of drug-likeness (QED) is 0.519. The molecular formula is C21H15NO. The molecule has 1 aliphatic rings. The van der Waals surface area contributed by atoms with Gasteiger partial charge in [-0.2, -0.15) is 0 Å². The number of benzene rings is 3. The molecule has 1 N–H and O–H groups in total. The van der Waals surface area contributed by atoms with Gasteiger partial charge in [0.1, 0.15) is 0 Å². The van der Waals surface area contributed by atoms with E-state index in [9.17, 15) is 4.79 Å². The second-order valence-electron chi connectivity index (χ2n) is 5.51. The van der Waals surface area contributed by atoms with Crippen LogP contribution in [0.1, 0.15) is 27.0 Å². The zero-order valence-electron chi connectivity index (χ0n) is 12.5. The van der Waals surface area contributed by atoms with Crippen molar-refractivity contribution < 1.29 is 4.79 Å². The van der Waals surface area contributed by atoms with Crippen LogP contribution in [0.4, 0.5) is 11.4 Å². The van der Waals surface area contributed by atoms with Gasteiger partial charge in [0.05, 0.1) is 5.69 Å². The van der Waals surface area contributed by atoms with E-state index in [0.29, 0.717) is 11.1 Å². The highest BCUT2D eigenvalue weighted by molar-refractivity contribution is 6.14. The summed E-state index contributed by atoms with van der Waals surface area (Å²) < 4.78 is 0. The molecule has 1 heterocycles. The van der Waals surface area contributed by atoms with Gasteiger partial charge in [-0.1, -0.05) is 72.8 Å². The fraction of sp³-hybridized carbons (Fsp3) is 0. The minimum atomic E-state index is 0.0303. The molecule has 0 radical (unpaired) electrons. The molecule has 2 nitrogen and oxygen atoms in total. The SMILES string of the molecule is O=C(c1ccccc1)c1cccc2c1Nc1ccccc1C=C2. The fourth-order valence-electron chi connectivity index (χ4n) is 2.85. The molecule has 0 bridgehead atoms. The van der Waals surface area contributed by atoms with E-state index in [1.54, 1.807) is 0 Å². The Morgan fingerprint density at radius 1 is 0.696 bits per heavy atom. The second-order valence-corrected chi connectivity index (χ2v) is 5.51. The molecular weight excluding hydrogens is 282 g/mol. The van der Waals surface area contributed by atoms with Crippen molar-refractivity contribution in [2.24, 2.45) is 0 Å². The van der Waals surface area contributed by atoms with Gasteiger partial charge in [0.25, 0.3) is 0 Å². The van der Waals surface area contributed by atoms with E-state index < -0.39 is 0 Å². The van der Waals surface area contributed by atoms with Crippen LogP contribution in [0.15, 0.2) is 72.8 Å². The Labute approximate surface area is 135 Å². The van der Waals surface area contributed by atoms with Gasteiger partial charge in [-0.05, 0) is 23.3 Å². The number of carbonyl (C=O) groups is 1. The standard InChI is InChI=1S/C21H15NO/c23-21(17-8-2-1-3-9-17)18-11-6-10-16-14-13-15-7-4-5-12-19(15)22-20(16)18/h1-14,22H. The Bertz CT molecular complexity index is 910. The summed E-state index contributed by atoms with van der Waals surface area (Å²) in [7, 11) is 0. The maximum Gasteiger partial charge on any atom is 0.195 e. The lowest BCUT2D eigenvalue weighted by Gasteiger charge is -2.14. The minimum absolute atomic E-state index is 0.0303. The van der Waals surface area contributed by atoms with E-state index in [-0.39, 0.29) is 5.78 Å². The number of hydrogen-bond donors (Lipinski definition) is 1. The van der Waals surface area contributed by atoms with Crippen molar-refractivity contribution in [3.05, 3.63) is 95.1 Å². The first kappa shape index (κ1) is 13.5. The van der Waals surface area contributed by atoms with Crippen LogP contribution in [-0.2, 0) is 0 Å². The van der Waals surface area contributed by atoms with Crippen LogP contribution >= 0.6 is 0 Å². The summed E-state index contributed by atoms with van der Waals surface area (Å²) in [6.45, 7) is 0. The average molecular weight is 297 g/mol. The molecule has 0 aromatic heterocycles. The van der Waals surface area contributed by atoms with Crippen LogP contribution in [0.2, 0.25) is 0 Å². The van der Waals surface area contributed by atoms with Crippen molar-refractivity contribution in [1.29, 1.82) is 0 Å². The number of nitrogens with one attached hydrogen (secondary N) is 1. The molecule has 0 aliphatic carbocycles. The van der Waals surface area contributed by atoms with Crippen molar-refractivity contribution >= 4 is 29.3 Å². The molecule has 2 heteroatoms. The summed E-state index contributed by atoms with van der Waals surface area (Å²) in [6.07, 6.45) is 4.13. The third-order valence-electron chi connectivity index (χ3n) is 4.04.